The number of nitrogens with zero attached hydrogens (tertiary/aromatic N) is 6. The summed E-state index contributed by atoms with van der Waals surface area (Å²) in [6.45, 7) is 0. The number of nitrogens with one attached hydrogen (secondary N) is 2. The molecular formula is C18H16BBrN10O2. The normalized spacial score (nSPS) is 9.28. The second kappa shape index (κ2) is 11.8. The van der Waals surface area contributed by atoms with Gasteiger partial charge in [-0.05, 0) is 34.1 Å². The van der Waals surface area contributed by atoms with Gasteiger partial charge in [0.25, 0.3) is 0 Å². The highest BCUT2D eigenvalue weighted by molar-refractivity contribution is 9.10. The molecule has 0 amide bonds. The molecule has 0 unspecified atom stereocenters. The third-order valence-electron chi connectivity index (χ3n) is 3.70. The van der Waals surface area contributed by atoms with E-state index in [0.717, 1.165) is 5.56 Å². The number of hydrogen-bond donors (Lipinski definition) is 6. The van der Waals surface area contributed by atoms with E-state index < -0.39 is 7.12 Å². The zero-order valence-electron chi connectivity index (χ0n) is 16.3. The summed E-state index contributed by atoms with van der Waals surface area (Å²) in [7, 11) is -1.40. The van der Waals surface area contributed by atoms with Gasteiger partial charge < -0.3 is 21.5 Å². The van der Waals surface area contributed by atoms with Gasteiger partial charge in [-0.15, -0.1) is 0 Å². The average molecular weight is 495 g/mol. The van der Waals surface area contributed by atoms with E-state index in [1.165, 1.54) is 6.20 Å². The first kappa shape index (κ1) is 24.0. The van der Waals surface area contributed by atoms with Gasteiger partial charge in [-0.1, -0.05) is 6.07 Å². The van der Waals surface area contributed by atoms with Crippen molar-refractivity contribution in [1.29, 1.82) is 10.5 Å². The first-order valence-corrected chi connectivity index (χ1v) is 9.48. The van der Waals surface area contributed by atoms with Crippen molar-refractivity contribution < 1.29 is 10.0 Å². The maximum absolute atomic E-state index is 8.84. The third-order valence-corrected chi connectivity index (χ3v) is 4.27. The van der Waals surface area contributed by atoms with Crippen molar-refractivity contribution in [2.75, 3.05) is 11.5 Å². The summed E-state index contributed by atoms with van der Waals surface area (Å²) in [6, 6.07) is 10.7. The van der Waals surface area contributed by atoms with Gasteiger partial charge in [-0.3, -0.25) is 20.2 Å². The van der Waals surface area contributed by atoms with Crippen LogP contribution in [-0.2, 0) is 0 Å². The van der Waals surface area contributed by atoms with Crippen LogP contribution in [-0.4, -0.2) is 47.5 Å². The number of pyridine rings is 2. The summed E-state index contributed by atoms with van der Waals surface area (Å²) >= 11 is 3.06. The van der Waals surface area contributed by atoms with Gasteiger partial charge >= 0.3 is 7.12 Å². The van der Waals surface area contributed by atoms with Gasteiger partial charge in [0.05, 0.1) is 5.69 Å². The topological polar surface area (TPSA) is 223 Å². The second-order valence-corrected chi connectivity index (χ2v) is 6.58. The Bertz CT molecular complexity index is 1200. The molecule has 0 bridgehead atoms. The summed E-state index contributed by atoms with van der Waals surface area (Å²) in [4.78, 5) is 7.63. The summed E-state index contributed by atoms with van der Waals surface area (Å²) in [6.07, 6.45) is 6.29. The lowest BCUT2D eigenvalue weighted by Crippen LogP contribution is -2.29. The minimum atomic E-state index is -1.40. The fraction of sp³-hybridized carbons (Fsp3) is 0. The standard InChI is InChI=1S/C9H7N5.C5H6BNO2.C4H3BrN4/c10-4-7-8(13-14-9(7)11)6-2-1-3-12-5-6;8-6(9)5-2-1-3-7-4-5;5-3-2(1-6)4(7)9-8-3/h1-3,5H,(H3,11,13,14);1-4,8-9H;(H3,7,8,9). The number of hydrogen-bond acceptors (Lipinski definition) is 10. The molecule has 0 radical (unpaired) electrons. The molecule has 4 heterocycles. The first-order valence-electron chi connectivity index (χ1n) is 8.68. The highest BCUT2D eigenvalue weighted by Gasteiger charge is 2.11. The number of H-pyrrole nitrogens is 2. The summed E-state index contributed by atoms with van der Waals surface area (Å²) < 4.78 is 0.530. The van der Waals surface area contributed by atoms with Gasteiger partial charge in [0.1, 0.15) is 27.9 Å². The molecule has 0 aromatic carbocycles. The highest BCUT2D eigenvalue weighted by Crippen LogP contribution is 2.23. The van der Waals surface area contributed by atoms with Crippen molar-refractivity contribution in [3.05, 3.63) is 64.8 Å². The number of anilines is 2. The quantitative estimate of drug-likeness (QED) is 0.209. The van der Waals surface area contributed by atoms with Crippen LogP contribution in [0.25, 0.3) is 11.3 Å². The number of nitrogens with two attached hydrogens (primary N) is 2. The van der Waals surface area contributed by atoms with Gasteiger partial charge in [-0.25, -0.2) is 0 Å². The Labute approximate surface area is 190 Å². The molecule has 8 N–H and O–H groups in total. The van der Waals surface area contributed by atoms with Crippen molar-refractivity contribution in [3.63, 3.8) is 0 Å². The van der Waals surface area contributed by atoms with E-state index in [-0.39, 0.29) is 11.6 Å². The molecule has 160 valence electrons. The number of nitriles is 2. The third kappa shape index (κ3) is 6.38. The molecule has 0 fully saturated rings. The Hall–Kier alpha value is -4.24. The van der Waals surface area contributed by atoms with Crippen molar-refractivity contribution in [2.24, 2.45) is 0 Å². The average Bonchev–Trinajstić information content (AvgIpc) is 3.36. The Morgan fingerprint density at radius 2 is 1.50 bits per heavy atom. The molecule has 0 aliphatic rings. The maximum Gasteiger partial charge on any atom is 0.490 e. The molecule has 0 aliphatic heterocycles. The molecule has 12 nitrogen and oxygen atoms in total. The fourth-order valence-electron chi connectivity index (χ4n) is 2.16. The lowest BCUT2D eigenvalue weighted by Gasteiger charge is -1.95. The zero-order chi connectivity index (χ0) is 23.5. The van der Waals surface area contributed by atoms with E-state index >= 15 is 0 Å². The van der Waals surface area contributed by atoms with Gasteiger partial charge in [0, 0.05) is 35.8 Å². The second-order valence-electron chi connectivity index (χ2n) is 5.78. The highest BCUT2D eigenvalue weighted by atomic mass is 79.9. The Morgan fingerprint density at radius 1 is 0.906 bits per heavy atom. The Kier molecular flexibility index (Phi) is 8.88. The largest absolute Gasteiger partial charge is 0.490 e. The maximum atomic E-state index is 8.84. The minimum Gasteiger partial charge on any atom is -0.423 e. The summed E-state index contributed by atoms with van der Waals surface area (Å²) in [5.41, 5.74) is 13.3. The lowest BCUT2D eigenvalue weighted by atomic mass is 9.82. The Morgan fingerprint density at radius 3 is 1.91 bits per heavy atom. The van der Waals surface area contributed by atoms with Crippen LogP contribution in [0.4, 0.5) is 11.6 Å². The molecule has 14 heteroatoms. The van der Waals surface area contributed by atoms with E-state index in [1.54, 1.807) is 36.8 Å². The molecule has 4 aromatic heterocycles. The number of halogens is 1. The monoisotopic (exact) mass is 494 g/mol. The smallest absolute Gasteiger partial charge is 0.423 e. The SMILES string of the molecule is N#Cc1c(N)n[nH]c1-c1cccnc1.N#Cc1c(N)n[nH]c1Br.OB(O)c1cccnc1. The van der Waals surface area contributed by atoms with Crippen LogP contribution in [0.2, 0.25) is 0 Å². The van der Waals surface area contributed by atoms with Crippen molar-refractivity contribution in [1.82, 2.24) is 30.4 Å². The van der Waals surface area contributed by atoms with Crippen LogP contribution in [0.3, 0.4) is 0 Å². The van der Waals surface area contributed by atoms with E-state index in [4.69, 9.17) is 32.0 Å². The van der Waals surface area contributed by atoms with Crippen molar-refractivity contribution >= 4 is 40.1 Å². The molecule has 0 saturated heterocycles. The fourth-order valence-corrected chi connectivity index (χ4v) is 2.54. The summed E-state index contributed by atoms with van der Waals surface area (Å²) in [5.74, 6) is 0.440. The van der Waals surface area contributed by atoms with Crippen LogP contribution in [0.15, 0.2) is 53.7 Å². The lowest BCUT2D eigenvalue weighted by molar-refractivity contribution is 0.425. The van der Waals surface area contributed by atoms with Crippen LogP contribution in [0.5, 0.6) is 0 Å². The molecule has 0 aliphatic carbocycles. The van der Waals surface area contributed by atoms with Crippen LogP contribution < -0.4 is 16.9 Å². The van der Waals surface area contributed by atoms with Crippen LogP contribution >= 0.6 is 15.9 Å². The molecule has 4 aromatic rings. The van der Waals surface area contributed by atoms with E-state index in [1.807, 2.05) is 18.2 Å². The van der Waals surface area contributed by atoms with Crippen LogP contribution in [0, 0.1) is 22.7 Å². The van der Waals surface area contributed by atoms with E-state index in [0.29, 0.717) is 26.9 Å². The number of aromatic nitrogens is 6. The molecule has 0 spiro atoms. The van der Waals surface area contributed by atoms with Gasteiger partial charge in [-0.2, -0.15) is 20.7 Å². The number of rotatable bonds is 2. The van der Waals surface area contributed by atoms with Crippen LogP contribution in [0.1, 0.15) is 11.1 Å². The van der Waals surface area contributed by atoms with E-state index in [2.05, 4.69) is 46.3 Å². The van der Waals surface area contributed by atoms with Gasteiger partial charge in [0.2, 0.25) is 0 Å². The molecule has 4 rings (SSSR count). The number of aromatic amines is 2. The molecule has 32 heavy (non-hydrogen) atoms. The predicted octanol–water partition coefficient (Wildman–Crippen LogP) is 0.313. The van der Waals surface area contributed by atoms with E-state index in [9.17, 15) is 0 Å². The zero-order valence-corrected chi connectivity index (χ0v) is 17.9. The van der Waals surface area contributed by atoms with Gasteiger partial charge in [0.15, 0.2) is 11.6 Å². The summed E-state index contributed by atoms with van der Waals surface area (Å²) in [5, 5.41) is 46.8. The van der Waals surface area contributed by atoms with Crippen molar-refractivity contribution in [3.8, 4) is 23.4 Å². The predicted molar refractivity (Wildman–Crippen MR) is 120 cm³/mol. The van der Waals surface area contributed by atoms with Crippen molar-refractivity contribution in [2.45, 2.75) is 0 Å². The first-order chi connectivity index (χ1) is 15.4. The Balaban J connectivity index is 0.000000178. The molecule has 0 atom stereocenters. The number of nitrogen functional groups attached to an aromatic ring is 2. The molecular weight excluding hydrogens is 479 g/mol. The molecule has 0 saturated carbocycles. The minimum absolute atomic E-state index is 0.214.